The van der Waals surface area contributed by atoms with Gasteiger partial charge in [-0.2, -0.15) is 0 Å². The fourth-order valence-corrected chi connectivity index (χ4v) is 7.64. The van der Waals surface area contributed by atoms with Gasteiger partial charge in [0.1, 0.15) is 10.6 Å². The molecule has 1 aromatic heterocycles. The normalized spacial score (nSPS) is 21.0. The highest BCUT2D eigenvalue weighted by Gasteiger charge is 2.58. The van der Waals surface area contributed by atoms with Crippen LogP contribution in [0.3, 0.4) is 0 Å². The first-order valence-corrected chi connectivity index (χ1v) is 15.8. The van der Waals surface area contributed by atoms with Gasteiger partial charge in [0.05, 0.1) is 25.7 Å². The number of hydrogen-bond donors (Lipinski definition) is 2. The van der Waals surface area contributed by atoms with Crippen molar-refractivity contribution in [3.63, 3.8) is 0 Å². The molecule has 2 aliphatic heterocycles. The molecule has 3 aromatic carbocycles. The summed E-state index contributed by atoms with van der Waals surface area (Å²) in [6.07, 6.45) is 2.62. The van der Waals surface area contributed by atoms with Gasteiger partial charge in [0.25, 0.3) is 0 Å². The van der Waals surface area contributed by atoms with Gasteiger partial charge in [-0.05, 0) is 61.0 Å². The largest absolute Gasteiger partial charge is 0.379 e. The van der Waals surface area contributed by atoms with Gasteiger partial charge in [-0.15, -0.1) is 11.8 Å². The van der Waals surface area contributed by atoms with Crippen LogP contribution >= 0.6 is 23.4 Å². The molecule has 224 valence electrons. The van der Waals surface area contributed by atoms with Crippen LogP contribution in [-0.2, 0) is 20.9 Å². The standard InChI is InChI=1S/C33H34ClFN4O3S/c34-24-9-7-23(8-10-24)22-39-30(40)20-33(43-26-5-2-1-3-6-26,32(41)36-13-4-14-38-15-17-42-18-16-38)31(39)28-21-37-29-19-25(35)11-12-27(28)29/h1-3,5-12,19,21,31,37H,4,13-18,20,22H2,(H,36,41)/t31-,33-/m0/s1. The van der Waals surface area contributed by atoms with Crippen LogP contribution in [0.2, 0.25) is 5.02 Å². The van der Waals surface area contributed by atoms with Gasteiger partial charge in [0.2, 0.25) is 11.8 Å². The molecule has 2 fully saturated rings. The molecule has 0 radical (unpaired) electrons. The topological polar surface area (TPSA) is 77.7 Å². The van der Waals surface area contributed by atoms with Crippen molar-refractivity contribution in [2.24, 2.45) is 0 Å². The summed E-state index contributed by atoms with van der Waals surface area (Å²) in [5.74, 6) is -0.663. The summed E-state index contributed by atoms with van der Waals surface area (Å²) >= 11 is 7.57. The zero-order valence-electron chi connectivity index (χ0n) is 23.7. The number of nitrogens with zero attached hydrogens (tertiary/aromatic N) is 2. The lowest BCUT2D eigenvalue weighted by atomic mass is 9.91. The molecule has 0 spiro atoms. The molecule has 7 nitrogen and oxygen atoms in total. The second kappa shape index (κ2) is 13.1. The van der Waals surface area contributed by atoms with Crippen LogP contribution in [0.1, 0.15) is 30.0 Å². The maximum Gasteiger partial charge on any atom is 0.239 e. The van der Waals surface area contributed by atoms with E-state index >= 15 is 0 Å². The minimum Gasteiger partial charge on any atom is -0.379 e. The van der Waals surface area contributed by atoms with E-state index in [2.05, 4.69) is 15.2 Å². The van der Waals surface area contributed by atoms with Crippen LogP contribution in [0.25, 0.3) is 10.9 Å². The Morgan fingerprint density at radius 1 is 1.09 bits per heavy atom. The molecule has 43 heavy (non-hydrogen) atoms. The van der Waals surface area contributed by atoms with Crippen LogP contribution in [0.4, 0.5) is 4.39 Å². The first kappa shape index (κ1) is 29.7. The Morgan fingerprint density at radius 2 is 1.86 bits per heavy atom. The van der Waals surface area contributed by atoms with E-state index in [0.29, 0.717) is 23.6 Å². The molecular weight excluding hydrogens is 587 g/mol. The van der Waals surface area contributed by atoms with E-state index in [1.165, 1.54) is 23.9 Å². The minimum absolute atomic E-state index is 0.0218. The molecule has 0 unspecified atom stereocenters. The zero-order chi connectivity index (χ0) is 29.8. The number of aromatic amines is 1. The lowest BCUT2D eigenvalue weighted by molar-refractivity contribution is -0.129. The fraction of sp³-hybridized carbons (Fsp3) is 0.333. The van der Waals surface area contributed by atoms with Crippen LogP contribution < -0.4 is 5.32 Å². The van der Waals surface area contributed by atoms with Crippen LogP contribution in [0, 0.1) is 5.82 Å². The summed E-state index contributed by atoms with van der Waals surface area (Å²) in [6, 6.07) is 21.1. The number of aromatic nitrogens is 1. The number of benzene rings is 3. The first-order chi connectivity index (χ1) is 20.9. The van der Waals surface area contributed by atoms with E-state index in [4.69, 9.17) is 16.3 Å². The van der Waals surface area contributed by atoms with Crippen molar-refractivity contribution in [2.75, 3.05) is 39.4 Å². The average molecular weight is 621 g/mol. The predicted molar refractivity (Wildman–Crippen MR) is 168 cm³/mol. The van der Waals surface area contributed by atoms with E-state index in [9.17, 15) is 14.0 Å². The summed E-state index contributed by atoms with van der Waals surface area (Å²) in [6.45, 7) is 4.89. The molecular formula is C33H34ClFN4O3S. The Bertz CT molecular complexity index is 1580. The van der Waals surface area contributed by atoms with Gasteiger partial charge >= 0.3 is 0 Å². The number of nitrogens with one attached hydrogen (secondary N) is 2. The highest BCUT2D eigenvalue weighted by atomic mass is 35.5. The van der Waals surface area contributed by atoms with Crippen molar-refractivity contribution in [2.45, 2.75) is 35.1 Å². The molecule has 2 N–H and O–H groups in total. The molecule has 0 bridgehead atoms. The number of fused-ring (bicyclic) bond motifs is 1. The van der Waals surface area contributed by atoms with E-state index in [1.807, 2.05) is 48.7 Å². The number of hydrogen-bond acceptors (Lipinski definition) is 5. The smallest absolute Gasteiger partial charge is 0.239 e. The highest BCUT2D eigenvalue weighted by molar-refractivity contribution is 8.01. The van der Waals surface area contributed by atoms with Gasteiger partial charge in [-0.1, -0.05) is 41.9 Å². The highest BCUT2D eigenvalue weighted by Crippen LogP contribution is 2.54. The summed E-state index contributed by atoms with van der Waals surface area (Å²) in [7, 11) is 0. The molecule has 0 saturated carbocycles. The second-order valence-electron chi connectivity index (χ2n) is 11.0. The molecule has 2 amide bonds. The van der Waals surface area contributed by atoms with Gasteiger partial charge in [0.15, 0.2) is 0 Å². The van der Waals surface area contributed by atoms with Crippen molar-refractivity contribution in [3.8, 4) is 0 Å². The lowest BCUT2D eigenvalue weighted by Gasteiger charge is -2.36. The first-order valence-electron chi connectivity index (χ1n) is 14.6. The third-order valence-corrected chi connectivity index (χ3v) is 9.87. The maximum atomic E-state index is 14.5. The number of morpholine rings is 1. The van der Waals surface area contributed by atoms with Gasteiger partial charge in [0, 0.05) is 58.8 Å². The molecule has 2 atom stereocenters. The number of ether oxygens (including phenoxy) is 1. The summed E-state index contributed by atoms with van der Waals surface area (Å²) in [5, 5.41) is 4.59. The maximum absolute atomic E-state index is 14.5. The van der Waals surface area contributed by atoms with E-state index in [0.717, 1.165) is 60.7 Å². The third kappa shape index (κ3) is 6.45. The monoisotopic (exact) mass is 620 g/mol. The van der Waals surface area contributed by atoms with Gasteiger partial charge in [-0.3, -0.25) is 14.5 Å². The molecule has 2 saturated heterocycles. The van der Waals surface area contributed by atoms with Crippen molar-refractivity contribution < 1.29 is 18.7 Å². The Morgan fingerprint density at radius 3 is 2.63 bits per heavy atom. The van der Waals surface area contributed by atoms with Crippen molar-refractivity contribution in [1.29, 1.82) is 0 Å². The Labute approximate surface area is 259 Å². The quantitative estimate of drug-likeness (QED) is 0.219. The lowest BCUT2D eigenvalue weighted by Crippen LogP contribution is -2.48. The number of carbonyl (C=O) groups is 2. The number of H-pyrrole nitrogens is 1. The fourth-order valence-electron chi connectivity index (χ4n) is 6.07. The van der Waals surface area contributed by atoms with Crippen LogP contribution in [0.5, 0.6) is 0 Å². The van der Waals surface area contributed by atoms with E-state index in [1.54, 1.807) is 23.1 Å². The summed E-state index contributed by atoms with van der Waals surface area (Å²) in [5.41, 5.74) is 2.30. The van der Waals surface area contributed by atoms with E-state index < -0.39 is 10.8 Å². The number of amides is 2. The zero-order valence-corrected chi connectivity index (χ0v) is 25.3. The molecule has 10 heteroatoms. The molecule has 3 heterocycles. The molecule has 6 rings (SSSR count). The molecule has 4 aromatic rings. The predicted octanol–water partition coefficient (Wildman–Crippen LogP) is 5.80. The second-order valence-corrected chi connectivity index (χ2v) is 12.9. The van der Waals surface area contributed by atoms with Gasteiger partial charge in [-0.25, -0.2) is 4.39 Å². The van der Waals surface area contributed by atoms with Crippen molar-refractivity contribution >= 4 is 46.1 Å². The number of halogens is 2. The Hall–Kier alpha value is -3.37. The summed E-state index contributed by atoms with van der Waals surface area (Å²) in [4.78, 5) is 36.7. The number of thioether (sulfide) groups is 1. The minimum atomic E-state index is -1.17. The van der Waals surface area contributed by atoms with Crippen molar-refractivity contribution in [1.82, 2.24) is 20.1 Å². The van der Waals surface area contributed by atoms with E-state index in [-0.39, 0.29) is 24.1 Å². The van der Waals surface area contributed by atoms with Crippen LogP contribution in [0.15, 0.2) is 83.9 Å². The average Bonchev–Trinajstić information content (AvgIpc) is 3.54. The number of rotatable bonds is 10. The number of likely N-dealkylation sites (tertiary alicyclic amines) is 1. The van der Waals surface area contributed by atoms with Crippen molar-refractivity contribution in [3.05, 3.63) is 101 Å². The Balaban J connectivity index is 1.38. The van der Waals surface area contributed by atoms with Crippen LogP contribution in [-0.4, -0.2) is 70.7 Å². The Kier molecular flexibility index (Phi) is 9.04. The summed E-state index contributed by atoms with van der Waals surface area (Å²) < 4.78 is 18.5. The third-order valence-electron chi connectivity index (χ3n) is 8.19. The SMILES string of the molecule is O=C1C[C@@](Sc2ccccc2)(C(=O)NCCCN2CCOCC2)[C@H](c2c[nH]c3cc(F)ccc23)N1Cc1ccc(Cl)cc1. The molecule has 2 aliphatic rings. The molecule has 0 aliphatic carbocycles. The number of carbonyl (C=O) groups excluding carboxylic acids is 2. The van der Waals surface area contributed by atoms with Gasteiger partial charge < -0.3 is 19.9 Å².